The van der Waals surface area contributed by atoms with Crippen LogP contribution in [0.4, 0.5) is 5.69 Å². The molecule has 1 heterocycles. The summed E-state index contributed by atoms with van der Waals surface area (Å²) in [4.78, 5) is 0. The van der Waals surface area contributed by atoms with E-state index < -0.39 is 0 Å². The third kappa shape index (κ3) is 2.60. The van der Waals surface area contributed by atoms with Gasteiger partial charge < -0.3 is 9.73 Å². The van der Waals surface area contributed by atoms with Crippen LogP contribution in [0.25, 0.3) is 11.0 Å². The summed E-state index contributed by atoms with van der Waals surface area (Å²) in [5, 5.41) is 4.85. The zero-order valence-electron chi connectivity index (χ0n) is 10.3. The molecule has 0 aliphatic rings. The summed E-state index contributed by atoms with van der Waals surface area (Å²) in [5.74, 6) is 0. The van der Waals surface area contributed by atoms with Crippen LogP contribution in [0.1, 0.15) is 5.56 Å². The van der Waals surface area contributed by atoms with Crippen molar-refractivity contribution in [3.63, 3.8) is 0 Å². The van der Waals surface area contributed by atoms with Crippen LogP contribution in [0.5, 0.6) is 0 Å². The summed E-state index contributed by atoms with van der Waals surface area (Å²) in [6, 6.07) is 13.8. The Morgan fingerprint density at radius 2 is 1.70 bits per heavy atom. The molecule has 0 radical (unpaired) electrons. The van der Waals surface area contributed by atoms with Gasteiger partial charge in [-0.05, 0) is 61.7 Å². The van der Waals surface area contributed by atoms with Crippen LogP contribution in [-0.4, -0.2) is 0 Å². The first-order valence-electron chi connectivity index (χ1n) is 6.00. The highest BCUT2D eigenvalue weighted by Gasteiger charge is 2.13. The second-order valence-corrected chi connectivity index (χ2v) is 6.35. The van der Waals surface area contributed by atoms with Crippen molar-refractivity contribution < 1.29 is 4.42 Å². The zero-order valence-corrected chi connectivity index (χ0v) is 14.2. The molecule has 3 rings (SSSR count). The molecule has 0 fully saturated rings. The van der Waals surface area contributed by atoms with Crippen LogP contribution in [-0.2, 0) is 6.54 Å². The van der Waals surface area contributed by atoms with Crippen molar-refractivity contribution in [2.24, 2.45) is 0 Å². The zero-order chi connectivity index (χ0) is 14.1. The number of hydrogen-bond donors (Lipinski definition) is 1. The summed E-state index contributed by atoms with van der Waals surface area (Å²) in [7, 11) is 0. The van der Waals surface area contributed by atoms with Crippen LogP contribution in [0, 0.1) is 0 Å². The first kappa shape index (κ1) is 14.0. The largest absolute Gasteiger partial charge is 0.444 e. The number of benzene rings is 2. The van der Waals surface area contributed by atoms with Gasteiger partial charge in [0, 0.05) is 26.4 Å². The standard InChI is InChI=1S/C15H10Br2ClNO/c16-11-5-3-6-12(17)14(11)19-8-10-9-4-1-2-7-13(9)20-15(10)18/h1-7,19H,8H2. The molecule has 0 amide bonds. The minimum absolute atomic E-state index is 0.432. The average molecular weight is 416 g/mol. The van der Waals surface area contributed by atoms with Gasteiger partial charge in [-0.1, -0.05) is 24.3 Å². The number of fused-ring (bicyclic) bond motifs is 1. The van der Waals surface area contributed by atoms with Gasteiger partial charge in [-0.25, -0.2) is 0 Å². The van der Waals surface area contributed by atoms with Gasteiger partial charge in [-0.2, -0.15) is 0 Å². The smallest absolute Gasteiger partial charge is 0.199 e. The van der Waals surface area contributed by atoms with Crippen molar-refractivity contribution in [2.75, 3.05) is 5.32 Å². The van der Waals surface area contributed by atoms with Gasteiger partial charge in [0.05, 0.1) is 5.69 Å². The van der Waals surface area contributed by atoms with Gasteiger partial charge >= 0.3 is 0 Å². The normalized spacial score (nSPS) is 10.9. The van der Waals surface area contributed by atoms with Crippen molar-refractivity contribution >= 4 is 60.1 Å². The molecule has 0 bridgehead atoms. The van der Waals surface area contributed by atoms with E-state index in [-0.39, 0.29) is 0 Å². The third-order valence-corrected chi connectivity index (χ3v) is 4.68. The molecule has 102 valence electrons. The molecule has 0 aliphatic carbocycles. The van der Waals surface area contributed by atoms with Gasteiger partial charge in [-0.3, -0.25) is 0 Å². The van der Waals surface area contributed by atoms with Gasteiger partial charge in [0.15, 0.2) is 5.22 Å². The Labute approximate surface area is 138 Å². The van der Waals surface area contributed by atoms with E-state index in [4.69, 9.17) is 16.0 Å². The molecular formula is C15H10Br2ClNO. The van der Waals surface area contributed by atoms with E-state index in [1.54, 1.807) is 0 Å². The van der Waals surface area contributed by atoms with E-state index in [1.807, 2.05) is 42.5 Å². The lowest BCUT2D eigenvalue weighted by molar-refractivity contribution is 0.613. The Kier molecular flexibility index (Phi) is 4.06. The maximum Gasteiger partial charge on any atom is 0.199 e. The highest BCUT2D eigenvalue weighted by atomic mass is 79.9. The summed E-state index contributed by atoms with van der Waals surface area (Å²) in [6.07, 6.45) is 0. The number of furan rings is 1. The third-order valence-electron chi connectivity index (χ3n) is 3.05. The van der Waals surface area contributed by atoms with Gasteiger partial charge in [0.25, 0.3) is 0 Å². The summed E-state index contributed by atoms with van der Waals surface area (Å²) >= 11 is 13.2. The molecule has 1 aromatic heterocycles. The second kappa shape index (κ2) is 5.80. The van der Waals surface area contributed by atoms with Crippen LogP contribution >= 0.6 is 43.5 Å². The van der Waals surface area contributed by atoms with E-state index in [0.29, 0.717) is 11.8 Å². The van der Waals surface area contributed by atoms with Crippen molar-refractivity contribution in [1.82, 2.24) is 0 Å². The van der Waals surface area contributed by atoms with E-state index in [1.165, 1.54) is 0 Å². The van der Waals surface area contributed by atoms with Gasteiger partial charge in [-0.15, -0.1) is 0 Å². The molecule has 1 N–H and O–H groups in total. The molecule has 5 heteroatoms. The Morgan fingerprint density at radius 1 is 1.00 bits per heavy atom. The highest BCUT2D eigenvalue weighted by molar-refractivity contribution is 9.11. The molecule has 2 aromatic carbocycles. The van der Waals surface area contributed by atoms with Crippen LogP contribution in [0.3, 0.4) is 0 Å². The van der Waals surface area contributed by atoms with E-state index in [9.17, 15) is 0 Å². The van der Waals surface area contributed by atoms with Crippen molar-refractivity contribution in [2.45, 2.75) is 6.54 Å². The van der Waals surface area contributed by atoms with Gasteiger partial charge in [0.1, 0.15) is 5.58 Å². The molecule has 0 unspecified atom stereocenters. The molecule has 0 saturated heterocycles. The van der Waals surface area contributed by atoms with Crippen LogP contribution in [0.2, 0.25) is 5.22 Å². The van der Waals surface area contributed by atoms with Gasteiger partial charge in [0.2, 0.25) is 0 Å². The molecular weight excluding hydrogens is 405 g/mol. The molecule has 0 aliphatic heterocycles. The van der Waals surface area contributed by atoms with E-state index in [2.05, 4.69) is 37.2 Å². The molecule has 20 heavy (non-hydrogen) atoms. The topological polar surface area (TPSA) is 25.2 Å². The lowest BCUT2D eigenvalue weighted by Gasteiger charge is -2.10. The van der Waals surface area contributed by atoms with E-state index in [0.717, 1.165) is 31.2 Å². The highest BCUT2D eigenvalue weighted by Crippen LogP contribution is 2.34. The SMILES string of the molecule is Clc1oc2ccccc2c1CNc1c(Br)cccc1Br. The van der Waals surface area contributed by atoms with Crippen molar-refractivity contribution in [3.8, 4) is 0 Å². The molecule has 0 saturated carbocycles. The number of para-hydroxylation sites is 2. The Hall–Kier alpha value is -0.970. The maximum atomic E-state index is 6.18. The fraction of sp³-hybridized carbons (Fsp3) is 0.0667. The molecule has 0 spiro atoms. The molecule has 0 atom stereocenters. The predicted octanol–water partition coefficient (Wildman–Crippen LogP) is 6.22. The van der Waals surface area contributed by atoms with Crippen LogP contribution < -0.4 is 5.32 Å². The first-order valence-corrected chi connectivity index (χ1v) is 7.97. The lowest BCUT2D eigenvalue weighted by atomic mass is 10.2. The Morgan fingerprint density at radius 3 is 2.45 bits per heavy atom. The fourth-order valence-electron chi connectivity index (χ4n) is 2.08. The minimum Gasteiger partial charge on any atom is -0.444 e. The Bertz CT molecular complexity index is 749. The number of nitrogens with one attached hydrogen (secondary N) is 1. The van der Waals surface area contributed by atoms with E-state index >= 15 is 0 Å². The van der Waals surface area contributed by atoms with Crippen molar-refractivity contribution in [3.05, 3.63) is 62.2 Å². The molecule has 2 nitrogen and oxygen atoms in total. The number of rotatable bonds is 3. The summed E-state index contributed by atoms with van der Waals surface area (Å²) < 4.78 is 7.54. The first-order chi connectivity index (χ1) is 9.66. The number of hydrogen-bond acceptors (Lipinski definition) is 2. The second-order valence-electron chi connectivity index (χ2n) is 4.30. The predicted molar refractivity (Wildman–Crippen MR) is 90.4 cm³/mol. The van der Waals surface area contributed by atoms with Crippen LogP contribution in [0.15, 0.2) is 55.8 Å². The number of anilines is 1. The Balaban J connectivity index is 1.93. The molecule has 3 aromatic rings. The average Bonchev–Trinajstić information content (AvgIpc) is 2.74. The monoisotopic (exact) mass is 413 g/mol. The quantitative estimate of drug-likeness (QED) is 0.549. The fourth-order valence-corrected chi connectivity index (χ4v) is 3.61. The minimum atomic E-state index is 0.432. The summed E-state index contributed by atoms with van der Waals surface area (Å²) in [6.45, 7) is 0.594. The number of halogens is 3. The lowest BCUT2D eigenvalue weighted by Crippen LogP contribution is -2.00. The van der Waals surface area contributed by atoms with Crippen molar-refractivity contribution in [1.29, 1.82) is 0 Å². The summed E-state index contributed by atoms with van der Waals surface area (Å²) in [5.41, 5.74) is 2.76. The maximum absolute atomic E-state index is 6.18.